The molecule has 0 bridgehead atoms. The molecule has 1 amide bonds. The Bertz CT molecular complexity index is 975. The van der Waals surface area contributed by atoms with Crippen LogP contribution in [0.2, 0.25) is 5.02 Å². The maximum Gasteiger partial charge on any atom is 0.387 e. The SMILES string of the molecule is COc1ccc(CCNC(=O)Cn2ccc3ccc(Cl)cc32)cc1OC(F)F. The van der Waals surface area contributed by atoms with Gasteiger partial charge in [0, 0.05) is 23.3 Å². The van der Waals surface area contributed by atoms with Gasteiger partial charge in [-0.1, -0.05) is 23.7 Å². The Morgan fingerprint density at radius 3 is 2.75 bits per heavy atom. The number of rotatable bonds is 8. The molecular weight excluding hydrogens is 390 g/mol. The lowest BCUT2D eigenvalue weighted by Gasteiger charge is -2.12. The number of methoxy groups -OCH3 is 1. The van der Waals surface area contributed by atoms with Crippen molar-refractivity contribution < 1.29 is 23.0 Å². The lowest BCUT2D eigenvalue weighted by Crippen LogP contribution is -2.29. The summed E-state index contributed by atoms with van der Waals surface area (Å²) in [5.41, 5.74) is 1.63. The number of carbonyl (C=O) groups excluding carboxylic acids is 1. The van der Waals surface area contributed by atoms with Crippen LogP contribution in [-0.2, 0) is 17.8 Å². The van der Waals surface area contributed by atoms with Gasteiger partial charge in [-0.15, -0.1) is 0 Å². The van der Waals surface area contributed by atoms with Crippen molar-refractivity contribution in [2.24, 2.45) is 0 Å². The molecule has 2 aromatic carbocycles. The highest BCUT2D eigenvalue weighted by Crippen LogP contribution is 2.29. The summed E-state index contributed by atoms with van der Waals surface area (Å²) in [6, 6.07) is 12.2. The number of hydrogen-bond acceptors (Lipinski definition) is 3. The second-order valence-electron chi connectivity index (χ2n) is 6.11. The van der Waals surface area contributed by atoms with Crippen LogP contribution in [0.3, 0.4) is 0 Å². The molecule has 1 aromatic heterocycles. The largest absolute Gasteiger partial charge is 0.493 e. The first kappa shape index (κ1) is 19.9. The number of alkyl halides is 2. The van der Waals surface area contributed by atoms with Crippen LogP contribution in [-0.4, -0.2) is 30.7 Å². The minimum atomic E-state index is -2.94. The van der Waals surface area contributed by atoms with Gasteiger partial charge in [0.15, 0.2) is 11.5 Å². The monoisotopic (exact) mass is 408 g/mol. The van der Waals surface area contributed by atoms with Crippen molar-refractivity contribution in [3.8, 4) is 11.5 Å². The molecule has 0 atom stereocenters. The van der Waals surface area contributed by atoms with Crippen molar-refractivity contribution in [2.45, 2.75) is 19.6 Å². The molecule has 0 saturated heterocycles. The lowest BCUT2D eigenvalue weighted by molar-refractivity contribution is -0.121. The highest BCUT2D eigenvalue weighted by Gasteiger charge is 2.12. The van der Waals surface area contributed by atoms with E-state index in [4.69, 9.17) is 16.3 Å². The van der Waals surface area contributed by atoms with Crippen LogP contribution < -0.4 is 14.8 Å². The molecule has 0 radical (unpaired) electrons. The van der Waals surface area contributed by atoms with Crippen molar-refractivity contribution >= 4 is 28.4 Å². The van der Waals surface area contributed by atoms with Crippen LogP contribution in [0.15, 0.2) is 48.7 Å². The van der Waals surface area contributed by atoms with Crippen molar-refractivity contribution in [3.05, 3.63) is 59.2 Å². The lowest BCUT2D eigenvalue weighted by atomic mass is 10.1. The minimum absolute atomic E-state index is 0.0305. The van der Waals surface area contributed by atoms with Gasteiger partial charge >= 0.3 is 6.61 Å². The number of aromatic nitrogens is 1. The van der Waals surface area contributed by atoms with Gasteiger partial charge in [-0.05, 0) is 47.7 Å². The highest BCUT2D eigenvalue weighted by atomic mass is 35.5. The molecule has 0 aliphatic carbocycles. The molecular formula is C20H19ClF2N2O3. The molecule has 1 heterocycles. The van der Waals surface area contributed by atoms with Gasteiger partial charge in [-0.2, -0.15) is 8.78 Å². The molecule has 0 aliphatic heterocycles. The Hall–Kier alpha value is -2.80. The van der Waals surface area contributed by atoms with Gasteiger partial charge in [-0.25, -0.2) is 0 Å². The molecule has 0 aliphatic rings. The topological polar surface area (TPSA) is 52.5 Å². The van der Waals surface area contributed by atoms with Crippen molar-refractivity contribution in [3.63, 3.8) is 0 Å². The van der Waals surface area contributed by atoms with E-state index in [0.717, 1.165) is 16.5 Å². The van der Waals surface area contributed by atoms with Crippen molar-refractivity contribution in [2.75, 3.05) is 13.7 Å². The summed E-state index contributed by atoms with van der Waals surface area (Å²) >= 11 is 6.02. The van der Waals surface area contributed by atoms with Gasteiger partial charge in [0.05, 0.1) is 7.11 Å². The van der Waals surface area contributed by atoms with E-state index in [0.29, 0.717) is 18.0 Å². The van der Waals surface area contributed by atoms with Gasteiger partial charge in [0.1, 0.15) is 6.54 Å². The summed E-state index contributed by atoms with van der Waals surface area (Å²) in [4.78, 5) is 12.2. The summed E-state index contributed by atoms with van der Waals surface area (Å²) < 4.78 is 36.3. The van der Waals surface area contributed by atoms with E-state index in [1.54, 1.807) is 18.2 Å². The van der Waals surface area contributed by atoms with E-state index in [2.05, 4.69) is 10.1 Å². The molecule has 28 heavy (non-hydrogen) atoms. The molecule has 5 nitrogen and oxygen atoms in total. The first-order valence-corrected chi connectivity index (χ1v) is 8.97. The zero-order valence-electron chi connectivity index (χ0n) is 15.1. The summed E-state index contributed by atoms with van der Waals surface area (Å²) in [6.07, 6.45) is 2.30. The summed E-state index contributed by atoms with van der Waals surface area (Å²) in [6.45, 7) is -2.42. The fraction of sp³-hybridized carbons (Fsp3) is 0.250. The Balaban J connectivity index is 1.57. The number of fused-ring (bicyclic) bond motifs is 1. The van der Waals surface area contributed by atoms with E-state index in [1.165, 1.54) is 13.2 Å². The zero-order valence-corrected chi connectivity index (χ0v) is 15.9. The average Bonchev–Trinajstić information content (AvgIpc) is 3.03. The van der Waals surface area contributed by atoms with Crippen molar-refractivity contribution in [1.82, 2.24) is 9.88 Å². The number of amides is 1. The summed E-state index contributed by atoms with van der Waals surface area (Å²) in [5.74, 6) is 0.0401. The number of nitrogens with zero attached hydrogens (tertiary/aromatic N) is 1. The number of nitrogens with one attached hydrogen (secondary N) is 1. The molecule has 0 fully saturated rings. The Labute approximate surface area is 165 Å². The predicted octanol–water partition coefficient (Wildman–Crippen LogP) is 4.26. The normalized spacial score (nSPS) is 11.0. The molecule has 0 spiro atoms. The van der Waals surface area contributed by atoms with Crippen LogP contribution in [0.4, 0.5) is 8.78 Å². The number of benzene rings is 2. The first-order chi connectivity index (χ1) is 13.5. The van der Waals surface area contributed by atoms with E-state index < -0.39 is 6.61 Å². The van der Waals surface area contributed by atoms with E-state index in [9.17, 15) is 13.6 Å². The molecule has 0 saturated carbocycles. The molecule has 3 rings (SSSR count). The average molecular weight is 409 g/mol. The van der Waals surface area contributed by atoms with Crippen LogP contribution in [0.1, 0.15) is 5.56 Å². The van der Waals surface area contributed by atoms with E-state index in [1.807, 2.05) is 29.0 Å². The molecule has 0 unspecified atom stereocenters. The number of halogens is 3. The fourth-order valence-electron chi connectivity index (χ4n) is 2.92. The minimum Gasteiger partial charge on any atom is -0.493 e. The number of hydrogen-bond donors (Lipinski definition) is 1. The second kappa shape index (κ2) is 8.93. The van der Waals surface area contributed by atoms with Crippen LogP contribution in [0.25, 0.3) is 10.9 Å². The van der Waals surface area contributed by atoms with E-state index >= 15 is 0 Å². The third-order valence-electron chi connectivity index (χ3n) is 4.23. The number of carbonyl (C=O) groups is 1. The van der Waals surface area contributed by atoms with Crippen molar-refractivity contribution in [1.29, 1.82) is 0 Å². The van der Waals surface area contributed by atoms with Crippen LogP contribution in [0, 0.1) is 0 Å². The van der Waals surface area contributed by atoms with Gasteiger partial charge in [0.2, 0.25) is 5.91 Å². The Morgan fingerprint density at radius 2 is 2.00 bits per heavy atom. The van der Waals surface area contributed by atoms with Gasteiger partial charge in [0.25, 0.3) is 0 Å². The van der Waals surface area contributed by atoms with E-state index in [-0.39, 0.29) is 24.0 Å². The fourth-order valence-corrected chi connectivity index (χ4v) is 3.08. The number of ether oxygens (including phenoxy) is 2. The molecule has 1 N–H and O–H groups in total. The molecule has 148 valence electrons. The maximum absolute atomic E-state index is 12.5. The maximum atomic E-state index is 12.5. The Morgan fingerprint density at radius 1 is 1.18 bits per heavy atom. The standard InChI is InChI=1S/C20H19ClF2N2O3/c1-27-17-5-2-13(10-18(17)28-20(22)23)6-8-24-19(26)12-25-9-7-14-3-4-15(21)11-16(14)25/h2-5,7,9-11,20H,6,8,12H2,1H3,(H,24,26). The quantitative estimate of drug-likeness (QED) is 0.605. The third kappa shape index (κ3) is 4.92. The Kier molecular flexibility index (Phi) is 6.36. The zero-order chi connectivity index (χ0) is 20.1. The predicted molar refractivity (Wildman–Crippen MR) is 103 cm³/mol. The third-order valence-corrected chi connectivity index (χ3v) is 4.46. The van der Waals surface area contributed by atoms with Gasteiger partial charge < -0.3 is 19.4 Å². The smallest absolute Gasteiger partial charge is 0.387 e. The summed E-state index contributed by atoms with van der Waals surface area (Å²) in [5, 5.41) is 4.43. The van der Waals surface area contributed by atoms with Crippen LogP contribution >= 0.6 is 11.6 Å². The molecule has 3 aromatic rings. The highest BCUT2D eigenvalue weighted by molar-refractivity contribution is 6.31. The summed E-state index contributed by atoms with van der Waals surface area (Å²) in [7, 11) is 1.38. The van der Waals surface area contributed by atoms with Crippen LogP contribution in [0.5, 0.6) is 11.5 Å². The first-order valence-electron chi connectivity index (χ1n) is 8.59. The molecule has 8 heteroatoms. The van der Waals surface area contributed by atoms with Gasteiger partial charge in [-0.3, -0.25) is 4.79 Å². The second-order valence-corrected chi connectivity index (χ2v) is 6.55.